The first-order valence-electron chi connectivity index (χ1n) is 16.2. The number of nitrogens with one attached hydrogen (secondary N) is 1. The number of halogens is 2. The molecule has 1 fully saturated rings. The molecule has 15 heteroatoms. The van der Waals surface area contributed by atoms with E-state index in [4.69, 9.17) is 13.9 Å². The van der Waals surface area contributed by atoms with Gasteiger partial charge in [0.15, 0.2) is 5.78 Å². The van der Waals surface area contributed by atoms with Gasteiger partial charge in [-0.05, 0) is 75.4 Å². The second kappa shape index (κ2) is 19.0. The number of hydrogen-bond donors (Lipinski definition) is 1. The largest absolute Gasteiger partial charge is 0.465 e. The highest BCUT2D eigenvalue weighted by atomic mass is 79.9. The number of fused-ring (bicyclic) bond motifs is 1. The van der Waals surface area contributed by atoms with E-state index in [2.05, 4.69) is 26.0 Å². The quantitative estimate of drug-likeness (QED) is 0.0749. The summed E-state index contributed by atoms with van der Waals surface area (Å²) in [5.74, 6) is -1.11. The lowest BCUT2D eigenvalue weighted by molar-refractivity contribution is -0.143. The molecule has 3 aromatic rings. The molecule has 1 aliphatic carbocycles. The number of esters is 2. The molecule has 1 aliphatic rings. The fraction of sp³-hybridized carbons (Fsp3) is 0.500. The number of hydrogen-bond acceptors (Lipinski definition) is 10. The topological polar surface area (TPSA) is 159 Å². The molecule has 1 aromatic heterocycles. The van der Waals surface area contributed by atoms with E-state index in [1.807, 2.05) is 0 Å². The number of anilines is 1. The van der Waals surface area contributed by atoms with Gasteiger partial charge in [-0.15, -0.1) is 0 Å². The van der Waals surface area contributed by atoms with Crippen molar-refractivity contribution in [2.45, 2.75) is 79.2 Å². The Balaban J connectivity index is 0.000000895. The first-order chi connectivity index (χ1) is 23.5. The average Bonchev–Trinajstić information content (AvgIpc) is 3.83. The highest BCUT2D eigenvalue weighted by molar-refractivity contribution is 9.09. The monoisotopic (exact) mass is 798 g/mol. The number of benzene rings is 2. The number of ketones is 1. The molecule has 0 spiro atoms. The second-order valence-corrected chi connectivity index (χ2v) is 15.1. The third kappa shape index (κ3) is 12.9. The van der Waals surface area contributed by atoms with E-state index in [-0.39, 0.29) is 50.4 Å². The Kier molecular flexibility index (Phi) is 16.1. The Bertz CT molecular complexity index is 1780. The van der Waals surface area contributed by atoms with Gasteiger partial charge in [-0.1, -0.05) is 37.2 Å². The lowest BCUT2D eigenvalue weighted by Crippen LogP contribution is -2.37. The Morgan fingerprint density at radius 3 is 2.16 bits per heavy atom. The van der Waals surface area contributed by atoms with Crippen LogP contribution in [0.4, 0.5) is 14.9 Å². The van der Waals surface area contributed by atoms with Gasteiger partial charge >= 0.3 is 18.0 Å². The molecule has 282 valence electrons. The summed E-state index contributed by atoms with van der Waals surface area (Å²) in [6.45, 7) is 8.15. The van der Waals surface area contributed by atoms with Crippen LogP contribution in [0.3, 0.4) is 0 Å². The van der Waals surface area contributed by atoms with E-state index < -0.39 is 40.0 Å². The summed E-state index contributed by atoms with van der Waals surface area (Å²) in [6, 6.07) is 9.00. The third-order valence-electron chi connectivity index (χ3n) is 7.19. The normalized spacial score (nSPS) is 12.5. The van der Waals surface area contributed by atoms with E-state index in [1.54, 1.807) is 46.8 Å². The standard InChI is InChI=1S/C30H35FN2O8S.C5H9BrO2.CH4/c1-6-24(34)27-22-15-21(18-7-8-18)23(16-25(22)40-28(27)19-9-11-20(31)12-10-19)33(42(5,37)38)13-14-39-26(35)17-32-29(36)41-30(2,3)4;1-2-5(7)8-4-3-6;/h9-12,15-16,18H,6-8,13-14,17H2,1-5H3,(H,32,36);2-4H2,1H3;1H4. The average molecular weight is 800 g/mol. The highest BCUT2D eigenvalue weighted by Gasteiger charge is 2.33. The zero-order chi connectivity index (χ0) is 37.2. The van der Waals surface area contributed by atoms with Crippen LogP contribution < -0.4 is 9.62 Å². The molecule has 0 saturated heterocycles. The molecule has 0 bridgehead atoms. The molecule has 2 aromatic carbocycles. The minimum atomic E-state index is -3.84. The van der Waals surface area contributed by atoms with E-state index in [0.29, 0.717) is 40.8 Å². The highest BCUT2D eigenvalue weighted by Crippen LogP contribution is 2.48. The van der Waals surface area contributed by atoms with Crippen LogP contribution >= 0.6 is 15.9 Å². The Morgan fingerprint density at radius 1 is 1.00 bits per heavy atom. The van der Waals surface area contributed by atoms with Crippen LogP contribution in [-0.2, 0) is 33.8 Å². The molecule has 1 amide bonds. The van der Waals surface area contributed by atoms with Crippen molar-refractivity contribution in [1.29, 1.82) is 0 Å². The van der Waals surface area contributed by atoms with Gasteiger partial charge in [0.25, 0.3) is 0 Å². The van der Waals surface area contributed by atoms with Gasteiger partial charge < -0.3 is 23.9 Å². The van der Waals surface area contributed by atoms with Crippen LogP contribution in [-0.4, -0.2) is 75.7 Å². The van der Waals surface area contributed by atoms with E-state index in [0.717, 1.165) is 34.3 Å². The van der Waals surface area contributed by atoms with Crippen molar-refractivity contribution in [1.82, 2.24) is 5.32 Å². The van der Waals surface area contributed by atoms with Gasteiger partial charge in [-0.3, -0.25) is 18.7 Å². The number of sulfonamides is 1. The number of alkyl carbamates (subject to hydrolysis) is 1. The number of Topliss-reactive ketones (excluding diaryl/α,β-unsaturated/α-hetero) is 1. The molecule has 0 aliphatic heterocycles. The predicted octanol–water partition coefficient (Wildman–Crippen LogP) is 7.51. The first kappa shape index (κ1) is 43.2. The van der Waals surface area contributed by atoms with Gasteiger partial charge in [-0.2, -0.15) is 0 Å². The van der Waals surface area contributed by atoms with Crippen molar-refractivity contribution in [3.63, 3.8) is 0 Å². The lowest BCUT2D eigenvalue weighted by Gasteiger charge is -2.25. The van der Waals surface area contributed by atoms with Crippen molar-refractivity contribution in [3.8, 4) is 11.3 Å². The molecular formula is C36H48BrFN2O10S. The van der Waals surface area contributed by atoms with Gasteiger partial charge in [0.2, 0.25) is 10.0 Å². The van der Waals surface area contributed by atoms with Crippen molar-refractivity contribution in [2.24, 2.45) is 0 Å². The minimum absolute atomic E-state index is 0. The molecule has 0 atom stereocenters. The summed E-state index contributed by atoms with van der Waals surface area (Å²) >= 11 is 3.13. The zero-order valence-electron chi connectivity index (χ0n) is 29.1. The number of carbonyl (C=O) groups is 4. The summed E-state index contributed by atoms with van der Waals surface area (Å²) in [4.78, 5) is 47.4. The Morgan fingerprint density at radius 2 is 1.63 bits per heavy atom. The number of alkyl halides is 1. The summed E-state index contributed by atoms with van der Waals surface area (Å²) in [7, 11) is -3.84. The minimum Gasteiger partial charge on any atom is -0.465 e. The van der Waals surface area contributed by atoms with Gasteiger partial charge in [-0.25, -0.2) is 17.6 Å². The second-order valence-electron chi connectivity index (χ2n) is 12.4. The maximum Gasteiger partial charge on any atom is 0.408 e. The molecule has 1 N–H and O–H groups in total. The lowest BCUT2D eigenvalue weighted by atomic mass is 9.97. The zero-order valence-corrected chi connectivity index (χ0v) is 31.5. The maximum absolute atomic E-state index is 13.6. The van der Waals surface area contributed by atoms with Crippen molar-refractivity contribution in [2.75, 3.05) is 42.2 Å². The molecule has 1 heterocycles. The molecule has 0 unspecified atom stereocenters. The summed E-state index contributed by atoms with van der Waals surface area (Å²) < 4.78 is 61.7. The first-order valence-corrected chi connectivity index (χ1v) is 19.2. The molecule has 12 nitrogen and oxygen atoms in total. The molecule has 0 radical (unpaired) electrons. The van der Waals surface area contributed by atoms with E-state index in [9.17, 15) is 32.0 Å². The van der Waals surface area contributed by atoms with Gasteiger partial charge in [0.1, 0.15) is 42.5 Å². The SMILES string of the molecule is C.CCC(=O)OCCBr.CCC(=O)c1c(-c2ccc(F)cc2)oc2cc(N(CCOC(=O)CNC(=O)OC(C)(C)C)S(C)(=O)=O)c(C3CC3)cc12. The number of furan rings is 1. The van der Waals surface area contributed by atoms with Crippen molar-refractivity contribution < 1.29 is 50.6 Å². The van der Waals surface area contributed by atoms with E-state index in [1.165, 1.54) is 24.3 Å². The van der Waals surface area contributed by atoms with Crippen LogP contribution in [0.2, 0.25) is 0 Å². The molecule has 4 rings (SSSR count). The summed E-state index contributed by atoms with van der Waals surface area (Å²) in [5.41, 5.74) is 1.56. The smallest absolute Gasteiger partial charge is 0.408 e. The van der Waals surface area contributed by atoms with Crippen molar-refractivity contribution >= 4 is 66.4 Å². The van der Waals surface area contributed by atoms with Crippen LogP contribution in [0.1, 0.15) is 89.6 Å². The predicted molar refractivity (Wildman–Crippen MR) is 197 cm³/mol. The third-order valence-corrected chi connectivity index (χ3v) is 8.70. The van der Waals surface area contributed by atoms with Gasteiger partial charge in [0.05, 0.1) is 24.1 Å². The van der Waals surface area contributed by atoms with Crippen molar-refractivity contribution in [3.05, 3.63) is 53.3 Å². The Hall–Kier alpha value is -3.98. The Labute approximate surface area is 307 Å². The van der Waals surface area contributed by atoms with Crippen LogP contribution in [0.15, 0.2) is 40.8 Å². The molecule has 1 saturated carbocycles. The van der Waals surface area contributed by atoms with Crippen LogP contribution in [0, 0.1) is 5.82 Å². The fourth-order valence-corrected chi connectivity index (χ4v) is 5.90. The van der Waals surface area contributed by atoms with Crippen LogP contribution in [0.5, 0.6) is 0 Å². The number of nitrogens with zero attached hydrogens (tertiary/aromatic N) is 1. The number of amides is 1. The van der Waals surface area contributed by atoms with Gasteiger partial charge in [0, 0.05) is 35.2 Å². The maximum atomic E-state index is 13.6. The number of ether oxygens (including phenoxy) is 3. The summed E-state index contributed by atoms with van der Waals surface area (Å²) in [6.07, 6.45) is 2.65. The molecule has 51 heavy (non-hydrogen) atoms. The fourth-order valence-electron chi connectivity index (χ4n) is 4.82. The van der Waals surface area contributed by atoms with E-state index >= 15 is 0 Å². The number of rotatable bonds is 14. The van der Waals surface area contributed by atoms with Crippen LogP contribution in [0.25, 0.3) is 22.3 Å². The molecular weight excluding hydrogens is 751 g/mol. The summed E-state index contributed by atoms with van der Waals surface area (Å²) in [5, 5.41) is 3.58. The number of carbonyl (C=O) groups excluding carboxylic acids is 4.